The highest BCUT2D eigenvalue weighted by Crippen LogP contribution is 2.13. The van der Waals surface area contributed by atoms with E-state index in [4.69, 9.17) is 0 Å². The zero-order chi connectivity index (χ0) is 14.5. The molecule has 0 fully saturated rings. The number of hydrogen-bond acceptors (Lipinski definition) is 2. The van der Waals surface area contributed by atoms with Gasteiger partial charge in [-0.3, -0.25) is 4.79 Å². The fraction of sp³-hybridized carbons (Fsp3) is 0.188. The Hall–Kier alpha value is -1.81. The van der Waals surface area contributed by atoms with Crippen molar-refractivity contribution in [1.29, 1.82) is 0 Å². The summed E-state index contributed by atoms with van der Waals surface area (Å²) in [5.74, 6) is -0.362. The molecule has 0 aliphatic heterocycles. The minimum absolute atomic E-state index is 0.111. The molecule has 2 rings (SSSR count). The fourth-order valence-electron chi connectivity index (χ4n) is 1.92. The van der Waals surface area contributed by atoms with Gasteiger partial charge in [-0.2, -0.15) is 0 Å². The van der Waals surface area contributed by atoms with Gasteiger partial charge >= 0.3 is 0 Å². The largest absolute Gasteiger partial charge is 0.352 e. The SMILES string of the molecule is Cc1ccc(S)cc1C(=O)NCCc1ccc(F)cc1. The average Bonchev–Trinajstić information content (AvgIpc) is 2.43. The molecule has 0 aliphatic carbocycles. The third-order valence-electron chi connectivity index (χ3n) is 3.08. The molecule has 0 radical (unpaired) electrons. The van der Waals surface area contributed by atoms with Gasteiger partial charge in [0.2, 0.25) is 0 Å². The molecule has 0 saturated carbocycles. The van der Waals surface area contributed by atoms with E-state index in [2.05, 4.69) is 17.9 Å². The number of amides is 1. The van der Waals surface area contributed by atoms with Crippen molar-refractivity contribution in [2.24, 2.45) is 0 Å². The first-order chi connectivity index (χ1) is 9.56. The average molecular weight is 289 g/mol. The molecule has 1 amide bonds. The summed E-state index contributed by atoms with van der Waals surface area (Å²) in [6.45, 7) is 2.41. The van der Waals surface area contributed by atoms with Crippen LogP contribution in [0.1, 0.15) is 21.5 Å². The molecule has 0 aromatic heterocycles. The predicted octanol–water partition coefficient (Wildman–Crippen LogP) is 3.40. The number of carbonyl (C=O) groups excluding carboxylic acids is 1. The van der Waals surface area contributed by atoms with E-state index < -0.39 is 0 Å². The second-order valence-corrected chi connectivity index (χ2v) is 5.15. The molecule has 20 heavy (non-hydrogen) atoms. The summed E-state index contributed by atoms with van der Waals surface area (Å²) in [7, 11) is 0. The maximum atomic E-state index is 12.8. The Balaban J connectivity index is 1.92. The molecule has 2 aromatic rings. The van der Waals surface area contributed by atoms with E-state index >= 15 is 0 Å². The maximum Gasteiger partial charge on any atom is 0.251 e. The van der Waals surface area contributed by atoms with Crippen molar-refractivity contribution in [2.75, 3.05) is 6.54 Å². The molecular formula is C16H16FNOS. The number of halogens is 1. The van der Waals surface area contributed by atoms with Gasteiger partial charge in [0.05, 0.1) is 0 Å². The number of nitrogens with one attached hydrogen (secondary N) is 1. The van der Waals surface area contributed by atoms with Crippen molar-refractivity contribution in [2.45, 2.75) is 18.2 Å². The predicted molar refractivity (Wildman–Crippen MR) is 80.9 cm³/mol. The molecule has 0 unspecified atom stereocenters. The Morgan fingerprint density at radius 2 is 1.90 bits per heavy atom. The fourth-order valence-corrected chi connectivity index (χ4v) is 2.12. The lowest BCUT2D eigenvalue weighted by Crippen LogP contribution is -2.26. The Labute approximate surface area is 123 Å². The summed E-state index contributed by atoms with van der Waals surface area (Å²) in [5.41, 5.74) is 2.55. The molecular weight excluding hydrogens is 273 g/mol. The molecule has 0 atom stereocenters. The van der Waals surface area contributed by atoms with Gasteiger partial charge in [-0.25, -0.2) is 4.39 Å². The van der Waals surface area contributed by atoms with Crippen LogP contribution in [0, 0.1) is 12.7 Å². The zero-order valence-corrected chi connectivity index (χ0v) is 12.1. The summed E-state index contributed by atoms with van der Waals surface area (Å²) in [4.78, 5) is 12.8. The van der Waals surface area contributed by atoms with E-state index in [-0.39, 0.29) is 11.7 Å². The van der Waals surface area contributed by atoms with Crippen molar-refractivity contribution < 1.29 is 9.18 Å². The molecule has 2 aromatic carbocycles. The van der Waals surface area contributed by atoms with Crippen LogP contribution in [0.15, 0.2) is 47.4 Å². The maximum absolute atomic E-state index is 12.8. The van der Waals surface area contributed by atoms with E-state index in [0.29, 0.717) is 18.5 Å². The zero-order valence-electron chi connectivity index (χ0n) is 11.2. The molecule has 1 N–H and O–H groups in total. The lowest BCUT2D eigenvalue weighted by molar-refractivity contribution is 0.0953. The van der Waals surface area contributed by atoms with Gasteiger partial charge in [-0.15, -0.1) is 12.6 Å². The molecule has 0 heterocycles. The van der Waals surface area contributed by atoms with Gasteiger partial charge in [0.15, 0.2) is 0 Å². The van der Waals surface area contributed by atoms with Gasteiger partial charge in [0, 0.05) is 17.0 Å². The van der Waals surface area contributed by atoms with Crippen molar-refractivity contribution in [3.63, 3.8) is 0 Å². The first-order valence-electron chi connectivity index (χ1n) is 6.38. The van der Waals surface area contributed by atoms with Crippen molar-refractivity contribution >= 4 is 18.5 Å². The van der Waals surface area contributed by atoms with Gasteiger partial charge in [0.1, 0.15) is 5.82 Å². The second-order valence-electron chi connectivity index (χ2n) is 4.63. The lowest BCUT2D eigenvalue weighted by Gasteiger charge is -2.08. The monoisotopic (exact) mass is 289 g/mol. The van der Waals surface area contributed by atoms with Crippen LogP contribution in [0.4, 0.5) is 4.39 Å². The summed E-state index contributed by atoms with van der Waals surface area (Å²) in [6, 6.07) is 11.8. The first kappa shape index (κ1) is 14.6. The van der Waals surface area contributed by atoms with Crippen LogP contribution < -0.4 is 5.32 Å². The number of aryl methyl sites for hydroxylation is 1. The molecule has 2 nitrogen and oxygen atoms in total. The molecule has 0 bridgehead atoms. The van der Waals surface area contributed by atoms with E-state index in [1.54, 1.807) is 18.2 Å². The first-order valence-corrected chi connectivity index (χ1v) is 6.83. The molecule has 4 heteroatoms. The molecule has 0 aliphatic rings. The number of rotatable bonds is 4. The number of benzene rings is 2. The van der Waals surface area contributed by atoms with Crippen molar-refractivity contribution in [3.05, 3.63) is 65.0 Å². The highest BCUT2D eigenvalue weighted by Gasteiger charge is 2.08. The summed E-state index contributed by atoms with van der Waals surface area (Å²) < 4.78 is 12.8. The Bertz CT molecular complexity index is 610. The van der Waals surface area contributed by atoms with Crippen LogP contribution in [0.2, 0.25) is 0 Å². The highest BCUT2D eigenvalue weighted by molar-refractivity contribution is 7.80. The molecule has 0 spiro atoms. The van der Waals surface area contributed by atoms with Crippen molar-refractivity contribution in [1.82, 2.24) is 5.32 Å². The minimum atomic E-state index is -0.251. The van der Waals surface area contributed by atoms with E-state index in [0.717, 1.165) is 16.0 Å². The lowest BCUT2D eigenvalue weighted by atomic mass is 10.1. The molecule has 0 saturated heterocycles. The summed E-state index contributed by atoms with van der Waals surface area (Å²) in [5, 5.41) is 2.86. The standard InChI is InChI=1S/C16H16FNOS/c1-11-2-7-14(20)10-15(11)16(19)18-9-8-12-3-5-13(17)6-4-12/h2-7,10,20H,8-9H2,1H3,(H,18,19). The van der Waals surface area contributed by atoms with Gasteiger partial charge in [0.25, 0.3) is 5.91 Å². The van der Waals surface area contributed by atoms with E-state index in [1.807, 2.05) is 19.1 Å². The minimum Gasteiger partial charge on any atom is -0.352 e. The Morgan fingerprint density at radius 1 is 1.20 bits per heavy atom. The number of thiol groups is 1. The quantitative estimate of drug-likeness (QED) is 0.830. The van der Waals surface area contributed by atoms with E-state index in [1.165, 1.54) is 12.1 Å². The topological polar surface area (TPSA) is 29.1 Å². The highest BCUT2D eigenvalue weighted by atomic mass is 32.1. The van der Waals surface area contributed by atoms with Gasteiger partial charge in [-0.05, 0) is 48.7 Å². The van der Waals surface area contributed by atoms with Crippen LogP contribution in [-0.4, -0.2) is 12.5 Å². The Morgan fingerprint density at radius 3 is 2.60 bits per heavy atom. The van der Waals surface area contributed by atoms with Crippen molar-refractivity contribution in [3.8, 4) is 0 Å². The number of hydrogen-bond donors (Lipinski definition) is 2. The Kier molecular flexibility index (Phi) is 4.79. The third-order valence-corrected chi connectivity index (χ3v) is 3.36. The van der Waals surface area contributed by atoms with Crippen LogP contribution in [-0.2, 0) is 6.42 Å². The van der Waals surface area contributed by atoms with E-state index in [9.17, 15) is 9.18 Å². The summed E-state index contributed by atoms with van der Waals surface area (Å²) in [6.07, 6.45) is 0.672. The third kappa shape index (κ3) is 3.84. The van der Waals surface area contributed by atoms with Crippen LogP contribution in [0.25, 0.3) is 0 Å². The second kappa shape index (κ2) is 6.57. The molecule has 104 valence electrons. The number of carbonyl (C=O) groups is 1. The van der Waals surface area contributed by atoms with Crippen LogP contribution in [0.3, 0.4) is 0 Å². The van der Waals surface area contributed by atoms with Crippen LogP contribution >= 0.6 is 12.6 Å². The normalized spacial score (nSPS) is 10.3. The van der Waals surface area contributed by atoms with Gasteiger partial charge < -0.3 is 5.32 Å². The smallest absolute Gasteiger partial charge is 0.251 e. The van der Waals surface area contributed by atoms with Crippen LogP contribution in [0.5, 0.6) is 0 Å². The summed E-state index contributed by atoms with van der Waals surface area (Å²) >= 11 is 4.24. The van der Waals surface area contributed by atoms with Gasteiger partial charge in [-0.1, -0.05) is 18.2 Å².